The highest BCUT2D eigenvalue weighted by molar-refractivity contribution is 5.97. The van der Waals surface area contributed by atoms with Crippen LogP contribution in [0.4, 0.5) is 0 Å². The number of aliphatic imine (C=N–C) groups is 1. The Morgan fingerprint density at radius 3 is 2.56 bits per heavy atom. The molecule has 2 aliphatic heterocycles. The molecule has 2 heterocycles. The molecular formula is C48H44N2. The zero-order valence-electron chi connectivity index (χ0n) is 29.0. The van der Waals surface area contributed by atoms with Crippen molar-refractivity contribution >= 4 is 22.2 Å². The van der Waals surface area contributed by atoms with Crippen LogP contribution in [-0.4, -0.2) is 17.3 Å². The Kier molecular flexibility index (Phi) is 9.01. The van der Waals surface area contributed by atoms with Crippen molar-refractivity contribution in [3.05, 3.63) is 209 Å². The highest BCUT2D eigenvalue weighted by Gasteiger charge is 2.28. The Morgan fingerprint density at radius 2 is 1.70 bits per heavy atom. The average Bonchev–Trinajstić information content (AvgIpc) is 3.60. The van der Waals surface area contributed by atoms with Gasteiger partial charge in [0.25, 0.3) is 0 Å². The van der Waals surface area contributed by atoms with E-state index in [4.69, 9.17) is 4.99 Å². The molecule has 2 nitrogen and oxygen atoms in total. The summed E-state index contributed by atoms with van der Waals surface area (Å²) >= 11 is 0. The summed E-state index contributed by atoms with van der Waals surface area (Å²) in [7, 11) is 0. The van der Waals surface area contributed by atoms with Gasteiger partial charge in [0.05, 0.1) is 12.6 Å². The molecule has 0 N–H and O–H groups in total. The first kappa shape index (κ1) is 31.8. The number of rotatable bonds is 8. The second kappa shape index (κ2) is 14.2. The summed E-state index contributed by atoms with van der Waals surface area (Å²) in [4.78, 5) is 7.50. The number of benzene rings is 3. The molecule has 0 saturated carbocycles. The van der Waals surface area contributed by atoms with Gasteiger partial charge < -0.3 is 4.90 Å². The van der Waals surface area contributed by atoms with Gasteiger partial charge in [-0.3, -0.25) is 4.99 Å². The molecule has 0 aromatic heterocycles. The molecule has 3 aliphatic carbocycles. The van der Waals surface area contributed by atoms with E-state index in [0.29, 0.717) is 5.92 Å². The highest BCUT2D eigenvalue weighted by Crippen LogP contribution is 2.39. The molecule has 3 aromatic carbocycles. The molecular weight excluding hydrogens is 605 g/mol. The van der Waals surface area contributed by atoms with Crippen LogP contribution >= 0.6 is 0 Å². The van der Waals surface area contributed by atoms with E-state index in [1.165, 1.54) is 60.9 Å². The van der Waals surface area contributed by atoms with Crippen molar-refractivity contribution in [3.8, 4) is 0 Å². The Labute approximate surface area is 297 Å². The first-order valence-corrected chi connectivity index (χ1v) is 18.2. The molecule has 5 aliphatic rings. The number of hydrogen-bond acceptors (Lipinski definition) is 2. The van der Waals surface area contributed by atoms with Gasteiger partial charge >= 0.3 is 0 Å². The number of amidine groups is 1. The molecule has 0 spiro atoms. The molecule has 0 bridgehead atoms. The maximum Gasteiger partial charge on any atom is 0.128 e. The molecule has 8 rings (SSSR count). The third-order valence-electron chi connectivity index (χ3n) is 10.5. The third kappa shape index (κ3) is 6.46. The van der Waals surface area contributed by atoms with Gasteiger partial charge in [0.15, 0.2) is 0 Å². The largest absolute Gasteiger partial charge is 0.330 e. The van der Waals surface area contributed by atoms with E-state index in [-0.39, 0.29) is 12.0 Å². The van der Waals surface area contributed by atoms with Crippen molar-refractivity contribution in [2.45, 2.75) is 39.2 Å². The fourth-order valence-electron chi connectivity index (χ4n) is 7.83. The van der Waals surface area contributed by atoms with Crippen LogP contribution in [0.1, 0.15) is 49.4 Å². The zero-order chi connectivity index (χ0) is 33.9. The van der Waals surface area contributed by atoms with Crippen LogP contribution in [-0.2, 0) is 6.42 Å². The van der Waals surface area contributed by atoms with Crippen LogP contribution in [0.15, 0.2) is 197 Å². The quantitative estimate of drug-likeness (QED) is 0.222. The normalized spacial score (nSPS) is 23.5. The first-order valence-electron chi connectivity index (χ1n) is 18.2. The first-order chi connectivity index (χ1) is 24.7. The minimum atomic E-state index is 0.105. The number of hydrogen-bond donors (Lipinski definition) is 0. The Morgan fingerprint density at radius 1 is 0.860 bits per heavy atom. The Hall–Kier alpha value is -5.47. The van der Waals surface area contributed by atoms with Gasteiger partial charge in [-0.2, -0.15) is 0 Å². The van der Waals surface area contributed by atoms with Gasteiger partial charge in [-0.05, 0) is 99.2 Å². The van der Waals surface area contributed by atoms with Gasteiger partial charge in [0.2, 0.25) is 0 Å². The second-order valence-corrected chi connectivity index (χ2v) is 13.7. The lowest BCUT2D eigenvalue weighted by Crippen LogP contribution is -2.24. The average molecular weight is 649 g/mol. The molecule has 2 heteroatoms. The van der Waals surface area contributed by atoms with Crippen molar-refractivity contribution in [3.63, 3.8) is 0 Å². The summed E-state index contributed by atoms with van der Waals surface area (Å²) in [5.74, 6) is 1.80. The molecule has 0 fully saturated rings. The number of allylic oxidation sites excluding steroid dienone is 20. The van der Waals surface area contributed by atoms with Crippen LogP contribution < -0.4 is 0 Å². The number of nitrogens with zero attached hydrogens (tertiary/aromatic N) is 2. The van der Waals surface area contributed by atoms with Crippen molar-refractivity contribution in [2.24, 2.45) is 16.8 Å². The summed E-state index contributed by atoms with van der Waals surface area (Å²) in [6.45, 7) is 5.22. The molecule has 246 valence electrons. The van der Waals surface area contributed by atoms with E-state index < -0.39 is 0 Å². The molecule has 3 aromatic rings. The lowest BCUT2D eigenvalue weighted by molar-refractivity contribution is 0.546. The fourth-order valence-corrected chi connectivity index (χ4v) is 7.83. The van der Waals surface area contributed by atoms with Crippen molar-refractivity contribution < 1.29 is 0 Å². The zero-order valence-corrected chi connectivity index (χ0v) is 29.0. The summed E-state index contributed by atoms with van der Waals surface area (Å²) in [5, 5.41) is 2.59. The molecule has 50 heavy (non-hydrogen) atoms. The van der Waals surface area contributed by atoms with Crippen LogP contribution in [0.25, 0.3) is 16.3 Å². The standard InChI is InChI=1S/C48H44N2/c1-3-5-12-35(4-2)48(45-18-11-10-17-43(45)30-34-19-20-36-13-6-8-15-40(36)29-34)39-24-22-38(23-25-39)46-33-50-32-44(27-28-47(50)49-46)42-26-21-37-14-7-9-16-41(37)31-42/h4-29,32,41,43,46H,3,30-31,33H2,1-2H3/b12-5-,35-4-,48-45+. The van der Waals surface area contributed by atoms with E-state index in [9.17, 15) is 0 Å². The van der Waals surface area contributed by atoms with Crippen LogP contribution in [0.5, 0.6) is 0 Å². The van der Waals surface area contributed by atoms with Gasteiger partial charge in [-0.25, -0.2) is 0 Å². The predicted octanol–water partition coefficient (Wildman–Crippen LogP) is 11.7. The highest BCUT2D eigenvalue weighted by atomic mass is 15.2. The fraction of sp³-hybridized carbons (Fsp3) is 0.188. The summed E-state index contributed by atoms with van der Waals surface area (Å²) in [6.07, 6.45) is 39.1. The third-order valence-corrected chi connectivity index (χ3v) is 10.5. The topological polar surface area (TPSA) is 15.6 Å². The predicted molar refractivity (Wildman–Crippen MR) is 213 cm³/mol. The molecule has 0 saturated heterocycles. The lowest BCUT2D eigenvalue weighted by Gasteiger charge is -2.26. The molecule has 3 atom stereocenters. The smallest absolute Gasteiger partial charge is 0.128 e. The van der Waals surface area contributed by atoms with Crippen molar-refractivity contribution in [1.82, 2.24) is 4.90 Å². The van der Waals surface area contributed by atoms with Crippen molar-refractivity contribution in [2.75, 3.05) is 6.54 Å². The van der Waals surface area contributed by atoms with Crippen LogP contribution in [0, 0.1) is 11.8 Å². The Balaban J connectivity index is 1.06. The van der Waals surface area contributed by atoms with E-state index in [1.54, 1.807) is 0 Å². The summed E-state index contributed by atoms with van der Waals surface area (Å²) in [6, 6.07) is 24.9. The molecule has 0 amide bonds. The summed E-state index contributed by atoms with van der Waals surface area (Å²) in [5.41, 5.74) is 11.9. The molecule has 0 radical (unpaired) electrons. The maximum absolute atomic E-state index is 5.17. The Bertz CT molecular complexity index is 2180. The van der Waals surface area contributed by atoms with Crippen molar-refractivity contribution in [1.29, 1.82) is 0 Å². The van der Waals surface area contributed by atoms with E-state index in [0.717, 1.165) is 31.6 Å². The van der Waals surface area contributed by atoms with Crippen LogP contribution in [0.2, 0.25) is 0 Å². The second-order valence-electron chi connectivity index (χ2n) is 13.7. The van der Waals surface area contributed by atoms with Gasteiger partial charge in [-0.1, -0.05) is 153 Å². The van der Waals surface area contributed by atoms with E-state index in [1.807, 2.05) is 0 Å². The SMILES string of the molecule is C/C=C(/C=C\CC)C(=C1\C=CC=CC1Cc1ccc2ccccc2c1)\c1ccc(C2CN3C=C(C4=CC=C5C=CC=CC5C4)C=CC3=N2)cc1. The van der Waals surface area contributed by atoms with E-state index in [2.05, 4.69) is 183 Å². The lowest BCUT2D eigenvalue weighted by atomic mass is 9.80. The van der Waals surface area contributed by atoms with Crippen LogP contribution in [0.3, 0.4) is 0 Å². The monoisotopic (exact) mass is 648 g/mol. The van der Waals surface area contributed by atoms with Gasteiger partial charge in [0, 0.05) is 18.0 Å². The van der Waals surface area contributed by atoms with E-state index >= 15 is 0 Å². The minimum Gasteiger partial charge on any atom is -0.330 e. The number of fused-ring (bicyclic) bond motifs is 3. The maximum atomic E-state index is 5.17. The van der Waals surface area contributed by atoms with Gasteiger partial charge in [0.1, 0.15) is 5.84 Å². The summed E-state index contributed by atoms with van der Waals surface area (Å²) < 4.78 is 0. The van der Waals surface area contributed by atoms with Gasteiger partial charge in [-0.15, -0.1) is 0 Å². The minimum absolute atomic E-state index is 0.105. The molecule has 3 unspecified atom stereocenters.